The third-order valence-corrected chi connectivity index (χ3v) is 9.12. The number of aromatic hydroxyl groups is 1. The number of nitrogens with zero attached hydrogens (tertiary/aromatic N) is 1. The van der Waals surface area contributed by atoms with Gasteiger partial charge in [0.2, 0.25) is 11.8 Å². The van der Waals surface area contributed by atoms with Gasteiger partial charge in [-0.2, -0.15) is 0 Å². The summed E-state index contributed by atoms with van der Waals surface area (Å²) in [5.41, 5.74) is 2.56. The van der Waals surface area contributed by atoms with Crippen molar-refractivity contribution in [2.75, 3.05) is 7.05 Å². The molecule has 2 heterocycles. The van der Waals surface area contributed by atoms with Crippen LogP contribution in [0.5, 0.6) is 5.75 Å². The van der Waals surface area contributed by atoms with Crippen LogP contribution in [0.1, 0.15) is 35.4 Å². The molecule has 0 aromatic heterocycles. The SMILES string of the molecule is Cc1cc(C2C3=CCC4C(=O)NC(=O)C4C3CC3(Cl)C(=O)N(C)C(=O)C23Cl)cc(C)c1O. The Morgan fingerprint density at radius 3 is 2.28 bits per heavy atom. The summed E-state index contributed by atoms with van der Waals surface area (Å²) < 4.78 is 0. The quantitative estimate of drug-likeness (QED) is 0.367. The van der Waals surface area contributed by atoms with Crippen LogP contribution in [-0.2, 0) is 19.2 Å². The Bertz CT molecular complexity index is 1140. The molecule has 0 bridgehead atoms. The number of amides is 4. The average molecular weight is 477 g/mol. The smallest absolute Gasteiger partial charge is 0.253 e. The van der Waals surface area contributed by atoms with Crippen molar-refractivity contribution in [1.82, 2.24) is 10.2 Å². The molecular formula is C23H22Cl2N2O5. The Morgan fingerprint density at radius 2 is 1.66 bits per heavy atom. The van der Waals surface area contributed by atoms with Crippen LogP contribution < -0.4 is 5.32 Å². The number of hydrogen-bond acceptors (Lipinski definition) is 5. The molecular weight excluding hydrogens is 455 g/mol. The van der Waals surface area contributed by atoms with Crippen LogP contribution in [0.15, 0.2) is 23.8 Å². The standard InChI is InChI=1S/C23H22Cl2N2O5/c1-9-6-11(7-10(2)17(9)28)16-12-4-5-13-15(19(30)26-18(13)29)14(12)8-22(24)20(31)27(3)21(32)23(16,22)25/h4,6-7,13-16,28H,5,8H2,1-3H3,(H,26,29,30). The topological polar surface area (TPSA) is 104 Å². The summed E-state index contributed by atoms with van der Waals surface area (Å²) in [6, 6.07) is 3.47. The number of phenolic OH excluding ortho intramolecular Hbond substituents is 1. The molecule has 2 N–H and O–H groups in total. The van der Waals surface area contributed by atoms with Crippen molar-refractivity contribution in [3.8, 4) is 5.75 Å². The predicted octanol–water partition coefficient (Wildman–Crippen LogP) is 2.29. The zero-order valence-electron chi connectivity index (χ0n) is 17.7. The number of likely N-dealkylation sites (tertiary alicyclic amines) is 1. The van der Waals surface area contributed by atoms with Crippen molar-refractivity contribution in [2.45, 2.75) is 42.4 Å². The molecule has 0 spiro atoms. The van der Waals surface area contributed by atoms with Gasteiger partial charge in [0.15, 0.2) is 9.75 Å². The zero-order valence-corrected chi connectivity index (χ0v) is 19.3. The molecule has 6 atom stereocenters. The second kappa shape index (κ2) is 6.58. The van der Waals surface area contributed by atoms with Gasteiger partial charge in [-0.15, -0.1) is 23.2 Å². The van der Waals surface area contributed by atoms with Crippen LogP contribution in [-0.4, -0.2) is 50.4 Å². The molecule has 168 valence electrons. The zero-order chi connectivity index (χ0) is 23.3. The summed E-state index contributed by atoms with van der Waals surface area (Å²) in [5.74, 6) is -4.32. The fourth-order valence-electron chi connectivity index (χ4n) is 6.18. The minimum Gasteiger partial charge on any atom is -0.507 e. The molecule has 1 saturated carbocycles. The van der Waals surface area contributed by atoms with E-state index in [-0.39, 0.29) is 24.0 Å². The van der Waals surface area contributed by atoms with E-state index in [1.807, 2.05) is 6.08 Å². The van der Waals surface area contributed by atoms with Crippen LogP contribution in [0.4, 0.5) is 0 Å². The van der Waals surface area contributed by atoms with Gasteiger partial charge in [-0.1, -0.05) is 23.8 Å². The number of imide groups is 2. The second-order valence-electron chi connectivity index (χ2n) is 9.35. The Labute approximate surface area is 194 Å². The first kappa shape index (κ1) is 21.5. The molecule has 9 heteroatoms. The minimum atomic E-state index is -1.80. The van der Waals surface area contributed by atoms with Gasteiger partial charge >= 0.3 is 0 Å². The Hall–Kier alpha value is -2.38. The summed E-state index contributed by atoms with van der Waals surface area (Å²) in [6.07, 6.45) is 2.19. The van der Waals surface area contributed by atoms with Gasteiger partial charge in [0.05, 0.1) is 11.8 Å². The molecule has 2 aliphatic carbocycles. The number of aryl methyl sites for hydroxylation is 2. The van der Waals surface area contributed by atoms with Crippen molar-refractivity contribution in [3.63, 3.8) is 0 Å². The van der Waals surface area contributed by atoms with Gasteiger partial charge in [-0.3, -0.25) is 29.4 Å². The third-order valence-electron chi connectivity index (χ3n) is 7.70. The Balaban J connectivity index is 1.78. The molecule has 32 heavy (non-hydrogen) atoms. The van der Waals surface area contributed by atoms with Gasteiger partial charge < -0.3 is 5.11 Å². The molecule has 2 saturated heterocycles. The summed E-state index contributed by atoms with van der Waals surface area (Å²) in [5, 5.41) is 12.7. The maximum atomic E-state index is 13.4. The van der Waals surface area contributed by atoms with Gasteiger partial charge in [0, 0.05) is 13.0 Å². The molecule has 1 aromatic rings. The normalized spacial score (nSPS) is 38.3. The summed E-state index contributed by atoms with van der Waals surface area (Å²) in [7, 11) is 1.36. The molecule has 4 aliphatic rings. The number of fused-ring (bicyclic) bond motifs is 4. The minimum absolute atomic E-state index is 0.0206. The lowest BCUT2D eigenvalue weighted by molar-refractivity contribution is -0.138. The van der Waals surface area contributed by atoms with Crippen molar-refractivity contribution >= 4 is 46.8 Å². The van der Waals surface area contributed by atoms with Crippen molar-refractivity contribution in [1.29, 1.82) is 0 Å². The van der Waals surface area contributed by atoms with E-state index in [1.165, 1.54) is 7.05 Å². The number of alkyl halides is 2. The molecule has 7 nitrogen and oxygen atoms in total. The summed E-state index contributed by atoms with van der Waals surface area (Å²) in [6.45, 7) is 3.48. The number of rotatable bonds is 1. The largest absolute Gasteiger partial charge is 0.507 e. The molecule has 5 rings (SSSR count). The Kier molecular flexibility index (Phi) is 4.41. The van der Waals surface area contributed by atoms with E-state index in [1.54, 1.807) is 26.0 Å². The maximum Gasteiger partial charge on any atom is 0.253 e. The lowest BCUT2D eigenvalue weighted by Crippen LogP contribution is -2.60. The first-order chi connectivity index (χ1) is 14.9. The van der Waals surface area contributed by atoms with E-state index in [2.05, 4.69) is 5.32 Å². The van der Waals surface area contributed by atoms with Crippen molar-refractivity contribution in [3.05, 3.63) is 40.5 Å². The average Bonchev–Trinajstić information content (AvgIpc) is 3.10. The highest BCUT2D eigenvalue weighted by Crippen LogP contribution is 2.65. The fourth-order valence-corrected chi connectivity index (χ4v) is 7.20. The lowest BCUT2D eigenvalue weighted by atomic mass is 9.56. The van der Waals surface area contributed by atoms with Gasteiger partial charge in [0.25, 0.3) is 11.8 Å². The molecule has 1 aromatic carbocycles. The lowest BCUT2D eigenvalue weighted by Gasteiger charge is -2.50. The van der Waals surface area contributed by atoms with Gasteiger partial charge in [0.1, 0.15) is 5.75 Å². The van der Waals surface area contributed by atoms with E-state index in [0.717, 1.165) is 10.5 Å². The number of nitrogens with one attached hydrogen (secondary N) is 1. The number of benzene rings is 1. The van der Waals surface area contributed by atoms with E-state index >= 15 is 0 Å². The third kappa shape index (κ3) is 2.38. The van der Waals surface area contributed by atoms with Gasteiger partial charge in [-0.25, -0.2) is 0 Å². The molecule has 0 radical (unpaired) electrons. The highest BCUT2D eigenvalue weighted by Gasteiger charge is 2.75. The van der Waals surface area contributed by atoms with Crippen LogP contribution in [0.2, 0.25) is 0 Å². The van der Waals surface area contributed by atoms with Crippen LogP contribution in [0.3, 0.4) is 0 Å². The van der Waals surface area contributed by atoms with Gasteiger partial charge in [-0.05, 0) is 49.3 Å². The van der Waals surface area contributed by atoms with E-state index in [9.17, 15) is 24.3 Å². The van der Waals surface area contributed by atoms with Crippen molar-refractivity contribution in [2.24, 2.45) is 17.8 Å². The van der Waals surface area contributed by atoms with Crippen LogP contribution in [0, 0.1) is 31.6 Å². The second-order valence-corrected chi connectivity index (χ2v) is 10.6. The van der Waals surface area contributed by atoms with Crippen LogP contribution >= 0.6 is 23.2 Å². The molecule has 6 unspecified atom stereocenters. The molecule has 3 fully saturated rings. The molecule has 2 aliphatic heterocycles. The highest BCUT2D eigenvalue weighted by molar-refractivity contribution is 6.53. The first-order valence-corrected chi connectivity index (χ1v) is 11.2. The Morgan fingerprint density at radius 1 is 1.03 bits per heavy atom. The van der Waals surface area contributed by atoms with Crippen LogP contribution in [0.25, 0.3) is 0 Å². The number of halogens is 2. The fraction of sp³-hybridized carbons (Fsp3) is 0.478. The summed E-state index contributed by atoms with van der Waals surface area (Å²) in [4.78, 5) is 49.1. The predicted molar refractivity (Wildman–Crippen MR) is 116 cm³/mol. The van der Waals surface area contributed by atoms with E-state index < -0.39 is 45.2 Å². The first-order valence-electron chi connectivity index (χ1n) is 10.5. The highest BCUT2D eigenvalue weighted by atomic mass is 35.5. The number of hydrogen-bond donors (Lipinski definition) is 2. The summed E-state index contributed by atoms with van der Waals surface area (Å²) >= 11 is 14.1. The van der Waals surface area contributed by atoms with Crippen molar-refractivity contribution < 1.29 is 24.3 Å². The number of carbonyl (C=O) groups excluding carboxylic acids is 4. The van der Waals surface area contributed by atoms with E-state index in [0.29, 0.717) is 23.1 Å². The monoisotopic (exact) mass is 476 g/mol. The number of allylic oxidation sites excluding steroid dienone is 2. The number of phenols is 1. The maximum absolute atomic E-state index is 13.4. The number of carbonyl (C=O) groups is 4. The van der Waals surface area contributed by atoms with E-state index in [4.69, 9.17) is 23.2 Å². The molecule has 4 amide bonds.